The topological polar surface area (TPSA) is 43.9 Å². The first-order valence-corrected chi connectivity index (χ1v) is 9.47. The van der Waals surface area contributed by atoms with Crippen LogP contribution in [0.1, 0.15) is 39.0 Å². The van der Waals surface area contributed by atoms with Crippen LogP contribution in [-0.4, -0.2) is 79.0 Å². The summed E-state index contributed by atoms with van der Waals surface area (Å²) in [6.45, 7) is 4.62. The van der Waals surface area contributed by atoms with Crippen LogP contribution in [0.2, 0.25) is 0 Å². The minimum Gasteiger partial charge on any atom is -0.342 e. The van der Waals surface area contributed by atoms with Crippen LogP contribution in [0, 0.1) is 11.8 Å². The number of hydrogen-bond donors (Lipinski definition) is 0. The fraction of sp³-hybridized carbons (Fsp3) is 0.889. The standard InChI is InChI=1S/C18H30F3N3O2/c1-14-4-3-8-24(12-14)17(26)15-5-9-23(10-6-15)16(25)13-22(2)11-7-18(19,20)21/h14-15H,3-13H2,1-2H3. The highest BCUT2D eigenvalue weighted by molar-refractivity contribution is 5.81. The molecule has 0 aromatic rings. The van der Waals surface area contributed by atoms with Crippen LogP contribution in [0.5, 0.6) is 0 Å². The second-order valence-electron chi connectivity index (χ2n) is 7.79. The number of amides is 2. The van der Waals surface area contributed by atoms with Gasteiger partial charge in [-0.2, -0.15) is 13.2 Å². The third kappa shape index (κ3) is 6.45. The summed E-state index contributed by atoms with van der Waals surface area (Å²) >= 11 is 0. The number of hydrogen-bond acceptors (Lipinski definition) is 3. The molecule has 2 fully saturated rings. The van der Waals surface area contributed by atoms with Gasteiger partial charge in [0.15, 0.2) is 0 Å². The summed E-state index contributed by atoms with van der Waals surface area (Å²) in [5.74, 6) is 0.548. The molecule has 0 aromatic carbocycles. The Balaban J connectivity index is 1.73. The summed E-state index contributed by atoms with van der Waals surface area (Å²) in [5, 5.41) is 0. The molecule has 8 heteroatoms. The first kappa shape index (κ1) is 21.0. The molecule has 2 heterocycles. The largest absolute Gasteiger partial charge is 0.390 e. The zero-order valence-electron chi connectivity index (χ0n) is 15.7. The highest BCUT2D eigenvalue weighted by Crippen LogP contribution is 2.24. The monoisotopic (exact) mass is 377 g/mol. The quantitative estimate of drug-likeness (QED) is 0.739. The van der Waals surface area contributed by atoms with Gasteiger partial charge in [0.05, 0.1) is 13.0 Å². The highest BCUT2D eigenvalue weighted by atomic mass is 19.4. The van der Waals surface area contributed by atoms with E-state index in [1.807, 2.05) is 4.90 Å². The Labute approximate surface area is 153 Å². The number of carbonyl (C=O) groups is 2. The highest BCUT2D eigenvalue weighted by Gasteiger charge is 2.32. The number of nitrogens with zero attached hydrogens (tertiary/aromatic N) is 3. The second-order valence-corrected chi connectivity index (χ2v) is 7.79. The molecular weight excluding hydrogens is 347 g/mol. The van der Waals surface area contributed by atoms with Crippen molar-refractivity contribution in [2.45, 2.75) is 45.2 Å². The molecule has 0 aromatic heterocycles. The Bertz CT molecular complexity index is 491. The predicted molar refractivity (Wildman–Crippen MR) is 92.5 cm³/mol. The first-order chi connectivity index (χ1) is 12.2. The molecule has 0 spiro atoms. The molecule has 0 saturated carbocycles. The van der Waals surface area contributed by atoms with Crippen molar-refractivity contribution >= 4 is 11.8 Å². The predicted octanol–water partition coefficient (Wildman–Crippen LogP) is 2.37. The normalized spacial score (nSPS) is 22.8. The summed E-state index contributed by atoms with van der Waals surface area (Å²) in [6, 6.07) is 0. The van der Waals surface area contributed by atoms with Crippen molar-refractivity contribution in [1.29, 1.82) is 0 Å². The molecule has 0 aliphatic carbocycles. The lowest BCUT2D eigenvalue weighted by Gasteiger charge is -2.37. The molecule has 0 bridgehead atoms. The van der Waals surface area contributed by atoms with Gasteiger partial charge in [-0.15, -0.1) is 0 Å². The molecule has 5 nitrogen and oxygen atoms in total. The van der Waals surface area contributed by atoms with Crippen molar-refractivity contribution in [1.82, 2.24) is 14.7 Å². The van der Waals surface area contributed by atoms with Gasteiger partial charge in [0.25, 0.3) is 0 Å². The third-order valence-corrected chi connectivity index (χ3v) is 5.35. The Hall–Kier alpha value is -1.31. The van der Waals surface area contributed by atoms with Crippen LogP contribution >= 0.6 is 0 Å². The number of alkyl halides is 3. The average molecular weight is 377 g/mol. The summed E-state index contributed by atoms with van der Waals surface area (Å²) in [4.78, 5) is 29.9. The van der Waals surface area contributed by atoms with E-state index in [4.69, 9.17) is 0 Å². The minimum atomic E-state index is -4.21. The van der Waals surface area contributed by atoms with E-state index in [2.05, 4.69) is 6.92 Å². The molecule has 2 aliphatic heterocycles. The van der Waals surface area contributed by atoms with Crippen molar-refractivity contribution in [3.05, 3.63) is 0 Å². The van der Waals surface area contributed by atoms with Crippen LogP contribution in [0.25, 0.3) is 0 Å². The number of piperidine rings is 2. The molecule has 2 saturated heterocycles. The summed E-state index contributed by atoms with van der Waals surface area (Å²) in [5.41, 5.74) is 0. The SMILES string of the molecule is CC1CCCN(C(=O)C2CCN(C(=O)CN(C)CCC(F)(F)F)CC2)C1. The van der Waals surface area contributed by atoms with Crippen LogP contribution in [0.4, 0.5) is 13.2 Å². The molecular formula is C18H30F3N3O2. The molecule has 26 heavy (non-hydrogen) atoms. The van der Waals surface area contributed by atoms with Gasteiger partial charge in [-0.1, -0.05) is 6.92 Å². The zero-order chi connectivity index (χ0) is 19.3. The number of likely N-dealkylation sites (tertiary alicyclic amines) is 2. The van der Waals surface area contributed by atoms with Gasteiger partial charge in [0.1, 0.15) is 0 Å². The van der Waals surface area contributed by atoms with Gasteiger partial charge in [-0.25, -0.2) is 0 Å². The Kier molecular flexibility index (Phi) is 7.32. The number of halogens is 3. The van der Waals surface area contributed by atoms with Crippen molar-refractivity contribution < 1.29 is 22.8 Å². The van der Waals surface area contributed by atoms with E-state index in [1.54, 1.807) is 4.90 Å². The molecule has 2 rings (SSSR count). The molecule has 1 atom stereocenters. The van der Waals surface area contributed by atoms with Gasteiger partial charge >= 0.3 is 6.18 Å². The van der Waals surface area contributed by atoms with Crippen molar-refractivity contribution in [3.8, 4) is 0 Å². The van der Waals surface area contributed by atoms with Crippen LogP contribution in [0.15, 0.2) is 0 Å². The van der Waals surface area contributed by atoms with Crippen LogP contribution in [-0.2, 0) is 9.59 Å². The maximum Gasteiger partial charge on any atom is 0.390 e. The van der Waals surface area contributed by atoms with Crippen molar-refractivity contribution in [2.24, 2.45) is 11.8 Å². The number of likely N-dealkylation sites (N-methyl/N-ethyl adjacent to an activating group) is 1. The van der Waals surface area contributed by atoms with Crippen LogP contribution < -0.4 is 0 Å². The Morgan fingerprint density at radius 1 is 1.08 bits per heavy atom. The molecule has 150 valence electrons. The zero-order valence-corrected chi connectivity index (χ0v) is 15.7. The molecule has 2 amide bonds. The van der Waals surface area contributed by atoms with Gasteiger partial charge in [0, 0.05) is 38.6 Å². The van der Waals surface area contributed by atoms with E-state index in [9.17, 15) is 22.8 Å². The lowest BCUT2D eigenvalue weighted by Crippen LogP contribution is -2.48. The molecule has 1 unspecified atom stereocenters. The fourth-order valence-corrected chi connectivity index (χ4v) is 3.75. The molecule has 0 radical (unpaired) electrons. The van der Waals surface area contributed by atoms with E-state index >= 15 is 0 Å². The third-order valence-electron chi connectivity index (χ3n) is 5.35. The van der Waals surface area contributed by atoms with Crippen molar-refractivity contribution in [2.75, 3.05) is 46.3 Å². The lowest BCUT2D eigenvalue weighted by atomic mass is 9.92. The van der Waals surface area contributed by atoms with Gasteiger partial charge < -0.3 is 9.80 Å². The van der Waals surface area contributed by atoms with Gasteiger partial charge in [-0.05, 0) is 38.6 Å². The van der Waals surface area contributed by atoms with Gasteiger partial charge in [-0.3, -0.25) is 14.5 Å². The maximum absolute atomic E-state index is 12.6. The number of carbonyl (C=O) groups excluding carboxylic acids is 2. The maximum atomic E-state index is 12.6. The summed E-state index contributed by atoms with van der Waals surface area (Å²) < 4.78 is 36.7. The Morgan fingerprint density at radius 2 is 1.73 bits per heavy atom. The minimum absolute atomic E-state index is 0.0155. The van der Waals surface area contributed by atoms with E-state index < -0.39 is 12.6 Å². The Morgan fingerprint density at radius 3 is 2.31 bits per heavy atom. The van der Waals surface area contributed by atoms with Gasteiger partial charge in [0.2, 0.25) is 11.8 Å². The number of rotatable bonds is 5. The van der Waals surface area contributed by atoms with E-state index in [-0.39, 0.29) is 30.8 Å². The fourth-order valence-electron chi connectivity index (χ4n) is 3.75. The van der Waals surface area contributed by atoms with E-state index in [0.717, 1.165) is 19.5 Å². The van der Waals surface area contributed by atoms with Crippen molar-refractivity contribution in [3.63, 3.8) is 0 Å². The van der Waals surface area contributed by atoms with Crippen LogP contribution in [0.3, 0.4) is 0 Å². The molecule has 2 aliphatic rings. The summed E-state index contributed by atoms with van der Waals surface area (Å²) in [6.07, 6.45) is -1.62. The average Bonchev–Trinajstić information content (AvgIpc) is 2.59. The van der Waals surface area contributed by atoms with E-state index in [0.29, 0.717) is 31.8 Å². The lowest BCUT2D eigenvalue weighted by molar-refractivity contribution is -0.144. The van der Waals surface area contributed by atoms with E-state index in [1.165, 1.54) is 18.4 Å². The molecule has 0 N–H and O–H groups in total. The summed E-state index contributed by atoms with van der Waals surface area (Å²) in [7, 11) is 1.53. The smallest absolute Gasteiger partial charge is 0.342 e. The first-order valence-electron chi connectivity index (χ1n) is 9.47. The second kappa shape index (κ2) is 9.06.